The number of rotatable bonds is 7. The van der Waals surface area contributed by atoms with Crippen LogP contribution in [-0.4, -0.2) is 50.2 Å². The molecule has 10 heteroatoms. The summed E-state index contributed by atoms with van der Waals surface area (Å²) in [7, 11) is -3.71. The van der Waals surface area contributed by atoms with E-state index in [0.717, 1.165) is 0 Å². The first-order valence-electron chi connectivity index (χ1n) is 7.55. The van der Waals surface area contributed by atoms with Crippen LogP contribution < -0.4 is 10.9 Å². The second kappa shape index (κ2) is 9.14. The van der Waals surface area contributed by atoms with E-state index in [1.54, 1.807) is 13.8 Å². The zero-order chi connectivity index (χ0) is 19.0. The van der Waals surface area contributed by atoms with Gasteiger partial charge < -0.3 is 4.74 Å². The third kappa shape index (κ3) is 5.84. The molecule has 0 radical (unpaired) electrons. The van der Waals surface area contributed by atoms with E-state index in [-0.39, 0.29) is 10.5 Å². The number of benzene rings is 1. The van der Waals surface area contributed by atoms with Gasteiger partial charge in [-0.05, 0) is 18.2 Å². The average molecular weight is 371 g/mol. The average Bonchev–Trinajstić information content (AvgIpc) is 2.58. The first-order chi connectivity index (χ1) is 11.7. The molecule has 9 nitrogen and oxygen atoms in total. The molecule has 0 aliphatic carbocycles. The van der Waals surface area contributed by atoms with Crippen molar-refractivity contribution in [1.29, 1.82) is 0 Å². The summed E-state index contributed by atoms with van der Waals surface area (Å²) >= 11 is 0. The molecule has 0 unspecified atom stereocenters. The molecule has 25 heavy (non-hydrogen) atoms. The van der Waals surface area contributed by atoms with E-state index in [1.807, 2.05) is 10.9 Å². The Morgan fingerprint density at radius 2 is 1.76 bits per heavy atom. The predicted octanol–water partition coefficient (Wildman–Crippen LogP) is 0.0412. The van der Waals surface area contributed by atoms with Crippen molar-refractivity contribution in [2.24, 2.45) is 0 Å². The summed E-state index contributed by atoms with van der Waals surface area (Å²) in [5, 5.41) is 0. The van der Waals surface area contributed by atoms with Gasteiger partial charge in [-0.2, -0.15) is 4.31 Å². The molecule has 0 aliphatic rings. The Labute approximate surface area is 146 Å². The topological polar surface area (TPSA) is 122 Å². The van der Waals surface area contributed by atoms with Gasteiger partial charge in [-0.1, -0.05) is 19.9 Å². The van der Waals surface area contributed by atoms with Crippen molar-refractivity contribution in [3.8, 4) is 0 Å². The maximum absolute atomic E-state index is 12.5. The number of hydrogen-bond donors (Lipinski definition) is 2. The van der Waals surface area contributed by atoms with Crippen molar-refractivity contribution in [3.05, 3.63) is 29.8 Å². The van der Waals surface area contributed by atoms with Crippen molar-refractivity contribution >= 4 is 27.8 Å². The van der Waals surface area contributed by atoms with Crippen molar-refractivity contribution in [2.45, 2.75) is 25.7 Å². The summed E-state index contributed by atoms with van der Waals surface area (Å²) in [6.45, 7) is 4.62. The fourth-order valence-corrected chi connectivity index (χ4v) is 3.41. The molecule has 138 valence electrons. The highest BCUT2D eigenvalue weighted by molar-refractivity contribution is 7.89. The second-order valence-corrected chi connectivity index (χ2v) is 6.86. The van der Waals surface area contributed by atoms with Gasteiger partial charge in [0.25, 0.3) is 5.91 Å². The number of carbonyl (C=O) groups excluding carboxylic acids is 3. The Balaban J connectivity index is 2.82. The van der Waals surface area contributed by atoms with Gasteiger partial charge in [-0.3, -0.25) is 20.4 Å². The number of sulfonamides is 1. The van der Waals surface area contributed by atoms with Crippen LogP contribution in [0.15, 0.2) is 29.2 Å². The van der Waals surface area contributed by atoms with E-state index in [1.165, 1.54) is 35.5 Å². The molecule has 0 saturated heterocycles. The lowest BCUT2D eigenvalue weighted by molar-refractivity contribution is -0.129. The van der Waals surface area contributed by atoms with Crippen LogP contribution in [0.3, 0.4) is 0 Å². The second-order valence-electron chi connectivity index (χ2n) is 4.92. The molecule has 0 aliphatic heterocycles. The van der Waals surface area contributed by atoms with Crippen LogP contribution in [0.4, 0.5) is 0 Å². The first-order valence-corrected chi connectivity index (χ1v) is 8.99. The van der Waals surface area contributed by atoms with Crippen LogP contribution >= 0.6 is 0 Å². The van der Waals surface area contributed by atoms with Gasteiger partial charge in [0, 0.05) is 20.0 Å². The zero-order valence-electron chi connectivity index (χ0n) is 14.2. The molecule has 2 amide bonds. The van der Waals surface area contributed by atoms with E-state index in [2.05, 4.69) is 0 Å². The number of amides is 2. The fourth-order valence-electron chi connectivity index (χ4n) is 1.90. The largest absolute Gasteiger partial charge is 0.452 e. The Kier molecular flexibility index (Phi) is 7.52. The maximum atomic E-state index is 12.5. The lowest BCUT2D eigenvalue weighted by atomic mass is 10.2. The van der Waals surface area contributed by atoms with Gasteiger partial charge in [0.1, 0.15) is 0 Å². The van der Waals surface area contributed by atoms with Crippen molar-refractivity contribution in [1.82, 2.24) is 15.2 Å². The summed E-state index contributed by atoms with van der Waals surface area (Å²) in [6, 6.07) is 5.38. The minimum Gasteiger partial charge on any atom is -0.452 e. The number of carbonyl (C=O) groups is 3. The van der Waals surface area contributed by atoms with Gasteiger partial charge in [-0.15, -0.1) is 0 Å². The van der Waals surface area contributed by atoms with Gasteiger partial charge in [0.05, 0.1) is 10.5 Å². The summed E-state index contributed by atoms with van der Waals surface area (Å²) in [5.41, 5.74) is 4.09. The molecule has 1 aromatic rings. The molecule has 0 fully saturated rings. The number of esters is 1. The van der Waals surface area contributed by atoms with Crippen molar-refractivity contribution < 1.29 is 27.5 Å². The monoisotopic (exact) mass is 371 g/mol. The van der Waals surface area contributed by atoms with Crippen LogP contribution in [0.25, 0.3) is 0 Å². The molecular weight excluding hydrogens is 350 g/mol. The zero-order valence-corrected chi connectivity index (χ0v) is 15.1. The van der Waals surface area contributed by atoms with Crippen LogP contribution in [0.5, 0.6) is 0 Å². The number of nitrogens with zero attached hydrogens (tertiary/aromatic N) is 1. The smallest absolute Gasteiger partial charge is 0.338 e. The van der Waals surface area contributed by atoms with E-state index in [4.69, 9.17) is 4.74 Å². The summed E-state index contributed by atoms with van der Waals surface area (Å²) < 4.78 is 31.0. The van der Waals surface area contributed by atoms with Gasteiger partial charge >= 0.3 is 5.97 Å². The number of nitrogens with one attached hydrogen (secondary N) is 2. The van der Waals surface area contributed by atoms with E-state index < -0.39 is 34.4 Å². The molecule has 0 spiro atoms. The van der Waals surface area contributed by atoms with Gasteiger partial charge in [0.15, 0.2) is 6.61 Å². The Morgan fingerprint density at radius 3 is 2.32 bits per heavy atom. The summed E-state index contributed by atoms with van der Waals surface area (Å²) in [6.07, 6.45) is 0. The summed E-state index contributed by atoms with van der Waals surface area (Å²) in [5.74, 6) is -2.06. The highest BCUT2D eigenvalue weighted by Gasteiger charge is 2.23. The molecule has 1 rings (SSSR count). The van der Waals surface area contributed by atoms with Crippen LogP contribution in [0.1, 0.15) is 31.1 Å². The lowest BCUT2D eigenvalue weighted by Crippen LogP contribution is -2.42. The third-order valence-corrected chi connectivity index (χ3v) is 5.17. The molecule has 1 aromatic carbocycles. The first kappa shape index (κ1) is 20.6. The van der Waals surface area contributed by atoms with Crippen LogP contribution in [0, 0.1) is 0 Å². The standard InChI is InChI=1S/C15H21N3O6S/c1-4-18(5-2)25(22,23)13-8-6-7-12(9-13)15(21)24-10-14(20)17-16-11(3)19/h6-9H,4-5,10H2,1-3H3,(H,16,19)(H,17,20). The van der Waals surface area contributed by atoms with Crippen LogP contribution in [0.2, 0.25) is 0 Å². The minimum atomic E-state index is -3.71. The fraction of sp³-hybridized carbons (Fsp3) is 0.400. The van der Waals surface area contributed by atoms with Gasteiger partial charge in [-0.25, -0.2) is 13.2 Å². The molecule has 0 heterocycles. The molecule has 0 atom stereocenters. The highest BCUT2D eigenvalue weighted by Crippen LogP contribution is 2.17. The molecular formula is C15H21N3O6S. The molecule has 0 saturated carbocycles. The Hall–Kier alpha value is -2.46. The van der Waals surface area contributed by atoms with E-state index in [0.29, 0.717) is 13.1 Å². The van der Waals surface area contributed by atoms with E-state index >= 15 is 0 Å². The summed E-state index contributed by atoms with van der Waals surface area (Å²) in [4.78, 5) is 34.0. The Morgan fingerprint density at radius 1 is 1.12 bits per heavy atom. The molecule has 0 aromatic heterocycles. The highest BCUT2D eigenvalue weighted by atomic mass is 32.2. The Bertz CT molecular complexity index is 743. The quantitative estimate of drug-likeness (QED) is 0.515. The predicted molar refractivity (Wildman–Crippen MR) is 88.8 cm³/mol. The normalized spacial score (nSPS) is 11.0. The van der Waals surface area contributed by atoms with Crippen molar-refractivity contribution in [2.75, 3.05) is 19.7 Å². The third-order valence-electron chi connectivity index (χ3n) is 3.13. The van der Waals surface area contributed by atoms with E-state index in [9.17, 15) is 22.8 Å². The number of ether oxygens (including phenoxy) is 1. The maximum Gasteiger partial charge on any atom is 0.338 e. The number of hydrogen-bond acceptors (Lipinski definition) is 6. The van der Waals surface area contributed by atoms with Crippen LogP contribution in [-0.2, 0) is 24.3 Å². The minimum absolute atomic E-state index is 0.000517. The molecule has 2 N–H and O–H groups in total. The van der Waals surface area contributed by atoms with Crippen molar-refractivity contribution in [3.63, 3.8) is 0 Å². The van der Waals surface area contributed by atoms with Gasteiger partial charge in [0.2, 0.25) is 15.9 Å². The molecule has 0 bridgehead atoms. The SMILES string of the molecule is CCN(CC)S(=O)(=O)c1cccc(C(=O)OCC(=O)NNC(C)=O)c1. The lowest BCUT2D eigenvalue weighted by Gasteiger charge is -2.18. The number of hydrazine groups is 1.